The zero-order valence-corrected chi connectivity index (χ0v) is 20.7. The van der Waals surface area contributed by atoms with Gasteiger partial charge in [-0.3, -0.25) is 4.79 Å². The Bertz CT molecular complexity index is 1060. The van der Waals surface area contributed by atoms with Crippen LogP contribution in [0.3, 0.4) is 0 Å². The molecule has 2 aromatic carbocycles. The zero-order valence-electron chi connectivity index (χ0n) is 17.6. The van der Waals surface area contributed by atoms with Gasteiger partial charge in [-0.2, -0.15) is 5.26 Å². The summed E-state index contributed by atoms with van der Waals surface area (Å²) >= 11 is 15.6. The summed E-state index contributed by atoms with van der Waals surface area (Å²) in [5.41, 5.74) is 1.55. The van der Waals surface area contributed by atoms with Crippen LogP contribution in [0.25, 0.3) is 6.08 Å². The van der Waals surface area contributed by atoms with Crippen LogP contribution in [0, 0.1) is 11.3 Å². The van der Waals surface area contributed by atoms with E-state index >= 15 is 0 Å². The molecule has 8 heteroatoms. The van der Waals surface area contributed by atoms with Crippen LogP contribution >= 0.6 is 39.1 Å². The molecule has 0 radical (unpaired) electrons. The average molecular weight is 538 g/mol. The summed E-state index contributed by atoms with van der Waals surface area (Å²) in [6.07, 6.45) is 5.66. The molecule has 1 fully saturated rings. The van der Waals surface area contributed by atoms with Gasteiger partial charge in [0.1, 0.15) is 18.2 Å². The lowest BCUT2D eigenvalue weighted by Crippen LogP contribution is -2.33. The highest BCUT2D eigenvalue weighted by molar-refractivity contribution is 9.10. The summed E-state index contributed by atoms with van der Waals surface area (Å²) in [4.78, 5) is 12.5. The molecular formula is C24H23BrCl2N2O3. The van der Waals surface area contributed by atoms with Crippen molar-refractivity contribution in [3.63, 3.8) is 0 Å². The fourth-order valence-corrected chi connectivity index (χ4v) is 4.23. The van der Waals surface area contributed by atoms with Crippen molar-refractivity contribution in [1.82, 2.24) is 5.32 Å². The lowest BCUT2D eigenvalue weighted by molar-refractivity contribution is -0.117. The number of nitriles is 1. The Morgan fingerprint density at radius 3 is 2.56 bits per heavy atom. The molecule has 168 valence electrons. The Kier molecular flexibility index (Phi) is 8.86. The Morgan fingerprint density at radius 2 is 1.91 bits per heavy atom. The minimum Gasteiger partial charge on any atom is -0.490 e. The number of nitrogens with one attached hydrogen (secondary N) is 1. The van der Waals surface area contributed by atoms with E-state index in [4.69, 9.17) is 32.7 Å². The van der Waals surface area contributed by atoms with Crippen LogP contribution in [0.1, 0.15) is 43.7 Å². The molecule has 0 saturated heterocycles. The van der Waals surface area contributed by atoms with Gasteiger partial charge in [0.15, 0.2) is 11.5 Å². The molecule has 0 aromatic heterocycles. The van der Waals surface area contributed by atoms with E-state index in [1.165, 1.54) is 0 Å². The SMILES string of the molecule is CCOc1cc(/C=C(/C#N)C(=O)NC2CCCC2)c(Br)cc1OCc1ccc(Cl)c(Cl)c1. The topological polar surface area (TPSA) is 71.3 Å². The molecular weight excluding hydrogens is 515 g/mol. The summed E-state index contributed by atoms with van der Waals surface area (Å²) in [7, 11) is 0. The summed E-state index contributed by atoms with van der Waals surface area (Å²) in [6.45, 7) is 2.57. The van der Waals surface area contributed by atoms with Crippen LogP contribution < -0.4 is 14.8 Å². The first-order chi connectivity index (χ1) is 15.4. The molecule has 1 amide bonds. The molecule has 1 saturated carbocycles. The maximum absolute atomic E-state index is 12.5. The largest absolute Gasteiger partial charge is 0.490 e. The monoisotopic (exact) mass is 536 g/mol. The molecule has 0 bridgehead atoms. The van der Waals surface area contributed by atoms with Crippen LogP contribution in [0.5, 0.6) is 11.5 Å². The van der Waals surface area contributed by atoms with Crippen LogP contribution in [0.4, 0.5) is 0 Å². The van der Waals surface area contributed by atoms with Gasteiger partial charge in [0, 0.05) is 10.5 Å². The second-order valence-corrected chi connectivity index (χ2v) is 9.08. The van der Waals surface area contributed by atoms with E-state index in [9.17, 15) is 10.1 Å². The van der Waals surface area contributed by atoms with Crippen LogP contribution in [-0.2, 0) is 11.4 Å². The van der Waals surface area contributed by atoms with Crippen LogP contribution in [-0.4, -0.2) is 18.6 Å². The predicted octanol–water partition coefficient (Wildman–Crippen LogP) is 6.70. The third-order valence-corrected chi connectivity index (χ3v) is 6.52. The van der Waals surface area contributed by atoms with Gasteiger partial charge in [0.05, 0.1) is 16.7 Å². The highest BCUT2D eigenvalue weighted by atomic mass is 79.9. The molecule has 0 unspecified atom stereocenters. The van der Waals surface area contributed by atoms with Crippen molar-refractivity contribution < 1.29 is 14.3 Å². The maximum Gasteiger partial charge on any atom is 0.262 e. The number of carbonyl (C=O) groups is 1. The molecule has 3 rings (SSSR count). The molecule has 0 aliphatic heterocycles. The Hall–Kier alpha value is -2.20. The van der Waals surface area contributed by atoms with Gasteiger partial charge >= 0.3 is 0 Å². The van der Waals surface area contributed by atoms with Crippen molar-refractivity contribution in [3.05, 3.63) is 61.5 Å². The number of ether oxygens (including phenoxy) is 2. The molecule has 32 heavy (non-hydrogen) atoms. The third-order valence-electron chi connectivity index (χ3n) is 5.10. The van der Waals surface area contributed by atoms with E-state index in [1.807, 2.05) is 19.1 Å². The molecule has 1 aliphatic carbocycles. The summed E-state index contributed by atoms with van der Waals surface area (Å²) in [6, 6.07) is 11.0. The number of carbonyl (C=O) groups excluding carboxylic acids is 1. The Balaban J connectivity index is 1.81. The van der Waals surface area contributed by atoms with Gasteiger partial charge in [0.2, 0.25) is 0 Å². The van der Waals surface area contributed by atoms with Crippen LogP contribution in [0.15, 0.2) is 40.4 Å². The summed E-state index contributed by atoms with van der Waals surface area (Å²) in [5.74, 6) is 0.676. The van der Waals surface area contributed by atoms with Crippen molar-refractivity contribution >= 4 is 51.1 Å². The number of rotatable bonds is 8. The molecule has 0 heterocycles. The van der Waals surface area contributed by atoms with Gasteiger partial charge in [-0.05, 0) is 61.2 Å². The second kappa shape index (κ2) is 11.6. The third kappa shape index (κ3) is 6.41. The zero-order chi connectivity index (χ0) is 23.1. The van der Waals surface area contributed by atoms with Crippen molar-refractivity contribution in [1.29, 1.82) is 5.26 Å². The van der Waals surface area contributed by atoms with E-state index in [2.05, 4.69) is 21.2 Å². The molecule has 0 atom stereocenters. The standard InChI is InChI=1S/C24H23BrCl2N2O3/c1-2-31-22-11-16(10-17(13-28)24(30)29-18-5-3-4-6-18)19(25)12-23(22)32-14-15-7-8-20(26)21(27)9-15/h7-12,18H,2-6,14H2,1H3,(H,29,30)/b17-10-. The number of amides is 1. The second-order valence-electron chi connectivity index (χ2n) is 7.42. The fraction of sp³-hybridized carbons (Fsp3) is 0.333. The molecule has 5 nitrogen and oxygen atoms in total. The van der Waals surface area contributed by atoms with Crippen molar-refractivity contribution in [2.24, 2.45) is 0 Å². The highest BCUT2D eigenvalue weighted by Gasteiger charge is 2.20. The van der Waals surface area contributed by atoms with Gasteiger partial charge in [0.25, 0.3) is 5.91 Å². The Labute approximate surface area is 206 Å². The number of hydrogen-bond acceptors (Lipinski definition) is 4. The van der Waals surface area contributed by atoms with Crippen molar-refractivity contribution in [3.8, 4) is 17.6 Å². The summed E-state index contributed by atoms with van der Waals surface area (Å²) in [5, 5.41) is 13.4. The van der Waals surface area contributed by atoms with Gasteiger partial charge in [-0.1, -0.05) is 58.0 Å². The smallest absolute Gasteiger partial charge is 0.262 e. The number of hydrogen-bond donors (Lipinski definition) is 1. The molecule has 0 spiro atoms. The highest BCUT2D eigenvalue weighted by Crippen LogP contribution is 2.36. The number of halogens is 3. The maximum atomic E-state index is 12.5. The number of benzene rings is 2. The lowest BCUT2D eigenvalue weighted by atomic mass is 10.1. The van der Waals surface area contributed by atoms with E-state index in [0.717, 1.165) is 31.2 Å². The lowest BCUT2D eigenvalue weighted by Gasteiger charge is -2.15. The van der Waals surface area contributed by atoms with E-state index in [-0.39, 0.29) is 24.1 Å². The molecule has 2 aromatic rings. The normalized spacial score (nSPS) is 14.2. The molecule has 1 aliphatic rings. The minimum absolute atomic E-state index is 0.0459. The van der Waals surface area contributed by atoms with Crippen molar-refractivity contribution in [2.45, 2.75) is 45.3 Å². The average Bonchev–Trinajstić information content (AvgIpc) is 3.28. The van der Waals surface area contributed by atoms with Crippen LogP contribution in [0.2, 0.25) is 10.0 Å². The molecule has 1 N–H and O–H groups in total. The van der Waals surface area contributed by atoms with E-state index < -0.39 is 0 Å². The fourth-order valence-electron chi connectivity index (χ4n) is 3.47. The first-order valence-corrected chi connectivity index (χ1v) is 11.9. The van der Waals surface area contributed by atoms with E-state index in [1.54, 1.807) is 30.3 Å². The minimum atomic E-state index is -0.357. The predicted molar refractivity (Wildman–Crippen MR) is 130 cm³/mol. The number of nitrogens with zero attached hydrogens (tertiary/aromatic N) is 1. The first kappa shape index (κ1) is 24.4. The first-order valence-electron chi connectivity index (χ1n) is 10.4. The summed E-state index contributed by atoms with van der Waals surface area (Å²) < 4.78 is 12.4. The Morgan fingerprint density at radius 1 is 1.19 bits per heavy atom. The van der Waals surface area contributed by atoms with E-state index in [0.29, 0.717) is 38.2 Å². The van der Waals surface area contributed by atoms with Gasteiger partial charge in [-0.25, -0.2) is 0 Å². The van der Waals surface area contributed by atoms with Gasteiger partial charge in [-0.15, -0.1) is 0 Å². The quantitative estimate of drug-likeness (QED) is 0.300. The van der Waals surface area contributed by atoms with Crippen molar-refractivity contribution in [2.75, 3.05) is 6.61 Å². The van der Waals surface area contributed by atoms with Gasteiger partial charge < -0.3 is 14.8 Å².